The molecule has 0 aliphatic heterocycles. The fourth-order valence-electron chi connectivity index (χ4n) is 2.54. The van der Waals surface area contributed by atoms with E-state index >= 15 is 0 Å². The number of rotatable bonds is 8. The van der Waals surface area contributed by atoms with Crippen molar-refractivity contribution in [3.05, 3.63) is 94.5 Å². The zero-order valence-electron chi connectivity index (χ0n) is 16.5. The number of amidine groups is 1. The van der Waals surface area contributed by atoms with Crippen LogP contribution in [0.15, 0.2) is 83.0 Å². The van der Waals surface area contributed by atoms with Gasteiger partial charge in [-0.1, -0.05) is 65.8 Å². The molecule has 0 atom stereocenters. The molecule has 0 aliphatic carbocycles. The van der Waals surface area contributed by atoms with E-state index in [1.807, 2.05) is 72.8 Å². The van der Waals surface area contributed by atoms with Crippen molar-refractivity contribution in [1.29, 1.82) is 0 Å². The first-order chi connectivity index (χ1) is 14.6. The fourth-order valence-corrected chi connectivity index (χ4v) is 3.28. The summed E-state index contributed by atoms with van der Waals surface area (Å²) in [7, 11) is 1.60. The Kier molecular flexibility index (Phi) is 8.18. The monoisotopic (exact) mass is 439 g/mol. The topological polar surface area (TPSA) is 69.2 Å². The van der Waals surface area contributed by atoms with E-state index in [2.05, 4.69) is 10.2 Å². The van der Waals surface area contributed by atoms with Gasteiger partial charge in [0.05, 0.1) is 13.3 Å². The predicted molar refractivity (Wildman–Crippen MR) is 126 cm³/mol. The van der Waals surface area contributed by atoms with Crippen LogP contribution in [0.2, 0.25) is 5.02 Å². The third-order valence-corrected chi connectivity index (χ3v) is 5.19. The van der Waals surface area contributed by atoms with Crippen LogP contribution in [0.4, 0.5) is 0 Å². The van der Waals surface area contributed by atoms with Crippen LogP contribution in [-0.2, 0) is 12.4 Å². The largest absolute Gasteiger partial charge is 0.493 e. The molecule has 3 aromatic carbocycles. The molecule has 0 amide bonds. The minimum absolute atomic E-state index is 0.398. The second kappa shape index (κ2) is 11.3. The van der Waals surface area contributed by atoms with Crippen LogP contribution < -0.4 is 15.2 Å². The van der Waals surface area contributed by atoms with Crippen molar-refractivity contribution in [3.8, 4) is 11.5 Å². The Morgan fingerprint density at radius 2 is 1.77 bits per heavy atom. The van der Waals surface area contributed by atoms with E-state index < -0.39 is 0 Å². The molecule has 0 radical (unpaired) electrons. The van der Waals surface area contributed by atoms with Crippen LogP contribution in [-0.4, -0.2) is 18.5 Å². The summed E-state index contributed by atoms with van der Waals surface area (Å²) in [6.45, 7) is 0.398. The van der Waals surface area contributed by atoms with E-state index in [-0.39, 0.29) is 0 Å². The molecular weight excluding hydrogens is 418 g/mol. The van der Waals surface area contributed by atoms with Crippen LogP contribution in [0.3, 0.4) is 0 Å². The van der Waals surface area contributed by atoms with Crippen LogP contribution in [0.25, 0.3) is 0 Å². The summed E-state index contributed by atoms with van der Waals surface area (Å²) in [5, 5.41) is 9.23. The lowest BCUT2D eigenvalue weighted by Crippen LogP contribution is -2.06. The highest BCUT2D eigenvalue weighted by molar-refractivity contribution is 8.13. The number of ether oxygens (including phenoxy) is 2. The van der Waals surface area contributed by atoms with Gasteiger partial charge in [-0.15, -0.1) is 5.10 Å². The molecule has 0 aromatic heterocycles. The number of hydrogen-bond donors (Lipinski definition) is 1. The molecule has 0 heterocycles. The Hall–Kier alpha value is -2.96. The number of methoxy groups -OCH3 is 1. The fraction of sp³-hybridized carbons (Fsp3) is 0.130. The maximum Gasteiger partial charge on any atom is 0.180 e. The van der Waals surface area contributed by atoms with Gasteiger partial charge in [0, 0.05) is 10.8 Å². The van der Waals surface area contributed by atoms with Crippen molar-refractivity contribution in [2.45, 2.75) is 12.4 Å². The Balaban J connectivity index is 1.61. The Labute approximate surface area is 185 Å². The number of halogens is 1. The maximum atomic E-state index is 5.93. The molecule has 3 rings (SSSR count). The van der Waals surface area contributed by atoms with Crippen molar-refractivity contribution < 1.29 is 9.47 Å². The summed E-state index contributed by atoms with van der Waals surface area (Å²) in [5.41, 5.74) is 8.94. The summed E-state index contributed by atoms with van der Waals surface area (Å²) >= 11 is 7.36. The molecule has 0 spiro atoms. The molecular formula is C23H22ClN3O2S. The molecule has 30 heavy (non-hydrogen) atoms. The summed E-state index contributed by atoms with van der Waals surface area (Å²) < 4.78 is 11.3. The number of benzene rings is 3. The van der Waals surface area contributed by atoms with E-state index in [9.17, 15) is 0 Å². The average Bonchev–Trinajstić information content (AvgIpc) is 2.78. The first-order valence-electron chi connectivity index (χ1n) is 9.22. The van der Waals surface area contributed by atoms with Gasteiger partial charge in [0.2, 0.25) is 0 Å². The van der Waals surface area contributed by atoms with Gasteiger partial charge in [-0.25, -0.2) is 0 Å². The lowest BCUT2D eigenvalue weighted by atomic mass is 10.2. The summed E-state index contributed by atoms with van der Waals surface area (Å²) in [6, 6.07) is 23.1. The number of hydrogen-bond acceptors (Lipinski definition) is 5. The van der Waals surface area contributed by atoms with Gasteiger partial charge in [0.15, 0.2) is 16.7 Å². The van der Waals surface area contributed by atoms with E-state index in [1.165, 1.54) is 17.3 Å². The highest BCUT2D eigenvalue weighted by Gasteiger charge is 2.06. The molecule has 0 unspecified atom stereocenters. The first kappa shape index (κ1) is 21.7. The third kappa shape index (κ3) is 6.83. The van der Waals surface area contributed by atoms with E-state index in [0.29, 0.717) is 28.3 Å². The van der Waals surface area contributed by atoms with Crippen molar-refractivity contribution in [1.82, 2.24) is 0 Å². The summed E-state index contributed by atoms with van der Waals surface area (Å²) in [5.74, 6) is 2.01. The Bertz CT molecular complexity index is 1010. The zero-order valence-corrected chi connectivity index (χ0v) is 18.1. The molecule has 0 bridgehead atoms. The average molecular weight is 440 g/mol. The van der Waals surface area contributed by atoms with Gasteiger partial charge in [0.1, 0.15) is 6.61 Å². The second-order valence-corrected chi connectivity index (χ2v) is 7.71. The Morgan fingerprint density at radius 3 is 2.50 bits per heavy atom. The van der Waals surface area contributed by atoms with Gasteiger partial charge in [-0.2, -0.15) is 5.10 Å². The molecule has 0 fully saturated rings. The van der Waals surface area contributed by atoms with Gasteiger partial charge < -0.3 is 15.2 Å². The summed E-state index contributed by atoms with van der Waals surface area (Å²) in [6.07, 6.45) is 1.63. The maximum absolute atomic E-state index is 5.93. The van der Waals surface area contributed by atoms with Crippen LogP contribution in [0, 0.1) is 0 Å². The lowest BCUT2D eigenvalue weighted by molar-refractivity contribution is 0.284. The van der Waals surface area contributed by atoms with Crippen molar-refractivity contribution in [3.63, 3.8) is 0 Å². The molecule has 154 valence electrons. The normalized spacial score (nSPS) is 11.6. The lowest BCUT2D eigenvalue weighted by Gasteiger charge is -2.11. The minimum atomic E-state index is 0.398. The van der Waals surface area contributed by atoms with Gasteiger partial charge >= 0.3 is 0 Å². The van der Waals surface area contributed by atoms with Crippen LogP contribution in [0.5, 0.6) is 11.5 Å². The van der Waals surface area contributed by atoms with Crippen molar-refractivity contribution in [2.24, 2.45) is 15.9 Å². The van der Waals surface area contributed by atoms with Gasteiger partial charge in [-0.3, -0.25) is 0 Å². The van der Waals surface area contributed by atoms with Gasteiger partial charge in [-0.05, 0) is 47.0 Å². The van der Waals surface area contributed by atoms with Crippen molar-refractivity contribution >= 4 is 34.7 Å². The SMILES string of the molecule is COc1ccc(C=NN=C(N)SCc2ccccc2)cc1OCc1ccc(Cl)cc1. The summed E-state index contributed by atoms with van der Waals surface area (Å²) in [4.78, 5) is 0. The molecule has 2 N–H and O–H groups in total. The zero-order chi connectivity index (χ0) is 21.2. The third-order valence-electron chi connectivity index (χ3n) is 4.09. The molecule has 0 aliphatic rings. The molecule has 0 saturated heterocycles. The van der Waals surface area contributed by atoms with Gasteiger partial charge in [0.25, 0.3) is 0 Å². The molecule has 0 saturated carbocycles. The quantitative estimate of drug-likeness (QED) is 0.285. The second-order valence-electron chi connectivity index (χ2n) is 6.28. The van der Waals surface area contributed by atoms with E-state index in [0.717, 1.165) is 16.9 Å². The highest BCUT2D eigenvalue weighted by Crippen LogP contribution is 2.28. The molecule has 3 aromatic rings. The standard InChI is InChI=1S/C23H22ClN3O2S/c1-28-21-12-9-19(13-22(21)29-15-17-7-10-20(24)11-8-17)14-26-27-23(25)30-16-18-5-3-2-4-6-18/h2-14H,15-16H2,1H3,(H2,25,27). The smallest absolute Gasteiger partial charge is 0.180 e. The van der Waals surface area contributed by atoms with Crippen molar-refractivity contribution in [2.75, 3.05) is 7.11 Å². The minimum Gasteiger partial charge on any atom is -0.493 e. The predicted octanol–water partition coefficient (Wildman–Crippen LogP) is 5.51. The van der Waals surface area contributed by atoms with E-state index in [4.69, 9.17) is 26.8 Å². The highest BCUT2D eigenvalue weighted by atomic mass is 35.5. The molecule has 7 heteroatoms. The number of nitrogens with zero attached hydrogens (tertiary/aromatic N) is 2. The number of thioether (sulfide) groups is 1. The molecule has 5 nitrogen and oxygen atoms in total. The van der Waals surface area contributed by atoms with Crippen LogP contribution >= 0.6 is 23.4 Å². The first-order valence-corrected chi connectivity index (χ1v) is 10.6. The van der Waals surface area contributed by atoms with Crippen LogP contribution in [0.1, 0.15) is 16.7 Å². The number of nitrogens with two attached hydrogens (primary N) is 1. The van der Waals surface area contributed by atoms with E-state index in [1.54, 1.807) is 13.3 Å². The Morgan fingerprint density at radius 1 is 1.00 bits per heavy atom.